The fraction of sp³-hybridized carbons (Fsp3) is 0.357. The molecular weight excluding hydrogens is 285 g/mol. The van der Waals surface area contributed by atoms with Gasteiger partial charge in [0.25, 0.3) is 0 Å². The standard InChI is InChI=1S/C14H15F3N2S/c1-2-3-8-19-9-10-20-13(19)18-12-7-5-4-6-11(12)14(15,16)17/h2-7H,8-10H2,1H3. The van der Waals surface area contributed by atoms with Crippen LogP contribution in [0.2, 0.25) is 0 Å². The first-order chi connectivity index (χ1) is 9.52. The van der Waals surface area contributed by atoms with Gasteiger partial charge in [-0.05, 0) is 19.1 Å². The Bertz CT molecular complexity index is 523. The first-order valence-electron chi connectivity index (χ1n) is 6.26. The topological polar surface area (TPSA) is 15.6 Å². The highest BCUT2D eigenvalue weighted by Gasteiger charge is 2.33. The quantitative estimate of drug-likeness (QED) is 0.773. The van der Waals surface area contributed by atoms with Gasteiger partial charge in [-0.15, -0.1) is 0 Å². The van der Waals surface area contributed by atoms with E-state index in [-0.39, 0.29) is 5.69 Å². The van der Waals surface area contributed by atoms with Crippen molar-refractivity contribution in [1.29, 1.82) is 0 Å². The Labute approximate surface area is 120 Å². The van der Waals surface area contributed by atoms with Crippen LogP contribution < -0.4 is 0 Å². The Balaban J connectivity index is 2.30. The summed E-state index contributed by atoms with van der Waals surface area (Å²) in [5, 5.41) is 0.653. The number of para-hydroxylation sites is 1. The molecule has 0 saturated carbocycles. The number of benzene rings is 1. The van der Waals surface area contributed by atoms with Crippen LogP contribution in [-0.4, -0.2) is 28.9 Å². The van der Waals surface area contributed by atoms with E-state index in [0.29, 0.717) is 11.7 Å². The molecular formula is C14H15F3N2S. The molecule has 0 atom stereocenters. The summed E-state index contributed by atoms with van der Waals surface area (Å²) in [6.45, 7) is 3.40. The molecule has 0 N–H and O–H groups in total. The van der Waals surface area contributed by atoms with Crippen molar-refractivity contribution < 1.29 is 13.2 Å². The number of rotatable bonds is 3. The van der Waals surface area contributed by atoms with Gasteiger partial charge in [0.2, 0.25) is 0 Å². The number of hydrogen-bond acceptors (Lipinski definition) is 2. The van der Waals surface area contributed by atoms with Gasteiger partial charge in [0.15, 0.2) is 5.17 Å². The molecule has 20 heavy (non-hydrogen) atoms. The van der Waals surface area contributed by atoms with Gasteiger partial charge in [-0.1, -0.05) is 36.0 Å². The van der Waals surface area contributed by atoms with Crippen LogP contribution in [0.25, 0.3) is 0 Å². The highest BCUT2D eigenvalue weighted by molar-refractivity contribution is 8.14. The van der Waals surface area contributed by atoms with E-state index in [2.05, 4.69) is 4.99 Å². The highest BCUT2D eigenvalue weighted by atomic mass is 32.2. The fourth-order valence-corrected chi connectivity index (χ4v) is 2.86. The van der Waals surface area contributed by atoms with Gasteiger partial charge in [0.1, 0.15) is 0 Å². The van der Waals surface area contributed by atoms with Crippen LogP contribution in [0.5, 0.6) is 0 Å². The Morgan fingerprint density at radius 2 is 2.10 bits per heavy atom. The summed E-state index contributed by atoms with van der Waals surface area (Å²) in [7, 11) is 0. The van der Waals surface area contributed by atoms with Crippen molar-refractivity contribution in [3.05, 3.63) is 42.0 Å². The van der Waals surface area contributed by atoms with Crippen LogP contribution in [0.4, 0.5) is 18.9 Å². The lowest BCUT2D eigenvalue weighted by molar-refractivity contribution is -0.137. The van der Waals surface area contributed by atoms with Crippen LogP contribution in [0.3, 0.4) is 0 Å². The summed E-state index contributed by atoms with van der Waals surface area (Å²) in [6, 6.07) is 5.42. The van der Waals surface area contributed by atoms with E-state index < -0.39 is 11.7 Å². The van der Waals surface area contributed by atoms with Crippen molar-refractivity contribution in [2.75, 3.05) is 18.8 Å². The van der Waals surface area contributed by atoms with E-state index in [1.54, 1.807) is 6.07 Å². The summed E-state index contributed by atoms with van der Waals surface area (Å²) in [4.78, 5) is 6.19. The molecule has 1 aromatic carbocycles. The second kappa shape index (κ2) is 6.35. The maximum Gasteiger partial charge on any atom is 0.418 e. The minimum absolute atomic E-state index is 0.0186. The zero-order valence-electron chi connectivity index (χ0n) is 11.0. The minimum atomic E-state index is -4.38. The van der Waals surface area contributed by atoms with Gasteiger partial charge < -0.3 is 4.90 Å². The summed E-state index contributed by atoms with van der Waals surface area (Å²) < 4.78 is 38.8. The molecule has 0 aliphatic carbocycles. The maximum absolute atomic E-state index is 12.9. The molecule has 0 spiro atoms. The van der Waals surface area contributed by atoms with Gasteiger partial charge in [0.05, 0.1) is 11.3 Å². The molecule has 2 rings (SSSR count). The average molecular weight is 300 g/mol. The Hall–Kier alpha value is -1.43. The van der Waals surface area contributed by atoms with Gasteiger partial charge in [-0.3, -0.25) is 0 Å². The molecule has 6 heteroatoms. The molecule has 1 saturated heterocycles. The van der Waals surface area contributed by atoms with E-state index >= 15 is 0 Å². The van der Waals surface area contributed by atoms with Crippen LogP contribution in [0.1, 0.15) is 12.5 Å². The van der Waals surface area contributed by atoms with Crippen LogP contribution in [0.15, 0.2) is 41.4 Å². The van der Waals surface area contributed by atoms with Gasteiger partial charge >= 0.3 is 6.18 Å². The number of thioether (sulfide) groups is 1. The average Bonchev–Trinajstić information content (AvgIpc) is 2.83. The molecule has 108 valence electrons. The van der Waals surface area contributed by atoms with Crippen molar-refractivity contribution in [2.45, 2.75) is 13.1 Å². The second-order valence-corrected chi connectivity index (χ2v) is 5.33. The van der Waals surface area contributed by atoms with Gasteiger partial charge in [-0.2, -0.15) is 13.2 Å². The predicted octanol–water partition coefficient (Wildman–Crippen LogP) is 4.32. The first kappa shape index (κ1) is 15.0. The zero-order chi connectivity index (χ0) is 14.6. The minimum Gasteiger partial charge on any atom is -0.347 e. The Kier molecular flexibility index (Phi) is 4.75. The molecule has 0 radical (unpaired) electrons. The number of nitrogens with zero attached hydrogens (tertiary/aromatic N) is 2. The van der Waals surface area contributed by atoms with Crippen molar-refractivity contribution in [3.8, 4) is 0 Å². The summed E-state index contributed by atoms with van der Waals surface area (Å²) in [6.07, 6.45) is -0.487. The summed E-state index contributed by atoms with van der Waals surface area (Å²) in [5.74, 6) is 0.852. The largest absolute Gasteiger partial charge is 0.418 e. The van der Waals surface area contributed by atoms with E-state index in [9.17, 15) is 13.2 Å². The molecule has 0 bridgehead atoms. The third kappa shape index (κ3) is 3.56. The third-order valence-corrected chi connectivity index (χ3v) is 3.84. The number of halogens is 3. The first-order valence-corrected chi connectivity index (χ1v) is 7.24. The van der Waals surface area contributed by atoms with Crippen molar-refractivity contribution in [1.82, 2.24) is 4.90 Å². The number of alkyl halides is 3. The van der Waals surface area contributed by atoms with E-state index in [4.69, 9.17) is 0 Å². The molecule has 2 nitrogen and oxygen atoms in total. The van der Waals surface area contributed by atoms with Gasteiger partial charge in [0, 0.05) is 18.8 Å². The monoisotopic (exact) mass is 300 g/mol. The predicted molar refractivity (Wildman–Crippen MR) is 77.4 cm³/mol. The molecule has 0 aromatic heterocycles. The normalized spacial score (nSPS) is 18.4. The lowest BCUT2D eigenvalue weighted by atomic mass is 10.2. The van der Waals surface area contributed by atoms with Crippen LogP contribution in [-0.2, 0) is 6.18 Å². The number of aliphatic imine (C=N–C) groups is 1. The van der Waals surface area contributed by atoms with E-state index in [0.717, 1.165) is 18.4 Å². The van der Waals surface area contributed by atoms with Crippen molar-refractivity contribution in [2.24, 2.45) is 4.99 Å². The number of hydrogen-bond donors (Lipinski definition) is 0. The Morgan fingerprint density at radius 3 is 2.80 bits per heavy atom. The number of amidine groups is 1. The highest BCUT2D eigenvalue weighted by Crippen LogP contribution is 2.37. The second-order valence-electron chi connectivity index (χ2n) is 4.27. The summed E-state index contributed by atoms with van der Waals surface area (Å²) in [5.41, 5.74) is -0.708. The maximum atomic E-state index is 12.9. The van der Waals surface area contributed by atoms with Crippen molar-refractivity contribution in [3.63, 3.8) is 0 Å². The smallest absolute Gasteiger partial charge is 0.347 e. The van der Waals surface area contributed by atoms with E-state index in [1.807, 2.05) is 24.0 Å². The van der Waals surface area contributed by atoms with E-state index in [1.165, 1.54) is 23.9 Å². The Morgan fingerprint density at radius 1 is 1.35 bits per heavy atom. The van der Waals surface area contributed by atoms with Crippen molar-refractivity contribution >= 4 is 22.6 Å². The fourth-order valence-electron chi connectivity index (χ4n) is 1.85. The molecule has 0 amide bonds. The number of allylic oxidation sites excluding steroid dienone is 1. The molecule has 1 heterocycles. The molecule has 1 aliphatic heterocycles. The lowest BCUT2D eigenvalue weighted by Crippen LogP contribution is -2.24. The molecule has 0 unspecified atom stereocenters. The zero-order valence-corrected chi connectivity index (χ0v) is 11.8. The molecule has 1 fully saturated rings. The molecule has 1 aliphatic rings. The van der Waals surface area contributed by atoms with Crippen LogP contribution >= 0.6 is 11.8 Å². The van der Waals surface area contributed by atoms with Crippen LogP contribution in [0, 0.1) is 0 Å². The summed E-state index contributed by atoms with van der Waals surface area (Å²) >= 11 is 1.49. The lowest BCUT2D eigenvalue weighted by Gasteiger charge is -2.16. The third-order valence-electron chi connectivity index (χ3n) is 2.85. The molecule has 1 aromatic rings. The SMILES string of the molecule is CC=CCN1CCSC1=Nc1ccccc1C(F)(F)F. The van der Waals surface area contributed by atoms with Gasteiger partial charge in [-0.25, -0.2) is 4.99 Å².